The van der Waals surface area contributed by atoms with Crippen LogP contribution in [0, 0.1) is 12.8 Å². The Balaban J connectivity index is 0.00000265. The number of anilines is 2. The molecule has 1 heterocycles. The van der Waals surface area contributed by atoms with E-state index in [4.69, 9.17) is 4.74 Å². The maximum atomic E-state index is 13.6. The molecule has 2 rings (SSSR count). The number of ether oxygens (including phenoxy) is 1. The summed E-state index contributed by atoms with van der Waals surface area (Å²) in [4.78, 5) is 8.42. The van der Waals surface area contributed by atoms with Crippen LogP contribution in [0.4, 0.5) is 24.0 Å². The molecular formula is C25H32F3N3OS. The summed E-state index contributed by atoms with van der Waals surface area (Å²) in [7, 11) is 1.67. The van der Waals surface area contributed by atoms with Crippen molar-refractivity contribution in [3.8, 4) is 18.6 Å². The van der Waals surface area contributed by atoms with E-state index in [0.717, 1.165) is 49.4 Å². The van der Waals surface area contributed by atoms with Gasteiger partial charge in [-0.25, -0.2) is 4.98 Å². The summed E-state index contributed by atoms with van der Waals surface area (Å²) in [5.41, 5.74) is 1.09. The zero-order chi connectivity index (χ0) is 24.7. The lowest BCUT2D eigenvalue weighted by atomic mass is 10.1. The van der Waals surface area contributed by atoms with Crippen LogP contribution in [0.15, 0.2) is 34.6 Å². The number of benzene rings is 1. The van der Waals surface area contributed by atoms with Gasteiger partial charge in [-0.2, -0.15) is 13.2 Å². The summed E-state index contributed by atoms with van der Waals surface area (Å²) in [5, 5.41) is 5.30. The minimum Gasteiger partial charge on any atom is -0.493 e. The number of rotatable bonds is 12. The van der Waals surface area contributed by atoms with Crippen molar-refractivity contribution < 1.29 is 17.9 Å². The highest BCUT2D eigenvalue weighted by Gasteiger charge is 2.34. The summed E-state index contributed by atoms with van der Waals surface area (Å²) in [5.74, 6) is -0.137. The van der Waals surface area contributed by atoms with Crippen LogP contribution in [0.3, 0.4) is 0 Å². The van der Waals surface area contributed by atoms with Crippen molar-refractivity contribution in [1.29, 1.82) is 0 Å². The van der Waals surface area contributed by atoms with Crippen LogP contribution in [0.1, 0.15) is 63.6 Å². The second-order valence-electron chi connectivity index (χ2n) is 7.12. The fraction of sp³-hybridized carbons (Fsp3) is 0.440. The first kappa shape index (κ1) is 28.2. The Morgan fingerprint density at radius 3 is 2.52 bits per heavy atom. The minimum absolute atomic E-state index is 0.137. The lowest BCUT2D eigenvalue weighted by Crippen LogP contribution is -2.10. The van der Waals surface area contributed by atoms with Gasteiger partial charge >= 0.3 is 6.18 Å². The first-order valence-electron chi connectivity index (χ1n) is 10.9. The van der Waals surface area contributed by atoms with Gasteiger partial charge in [0.25, 0.3) is 0 Å². The molecule has 0 spiro atoms. The molecule has 2 aromatic rings. The van der Waals surface area contributed by atoms with Crippen molar-refractivity contribution in [3.63, 3.8) is 0 Å². The van der Waals surface area contributed by atoms with Crippen molar-refractivity contribution in [2.24, 2.45) is 4.99 Å². The third-order valence-electron chi connectivity index (χ3n) is 4.67. The first-order valence-corrected chi connectivity index (χ1v) is 11.8. The topological polar surface area (TPSA) is 46.5 Å². The van der Waals surface area contributed by atoms with Crippen LogP contribution in [0.2, 0.25) is 0 Å². The van der Waals surface area contributed by atoms with Crippen LogP contribution in [-0.2, 0) is 6.18 Å². The quantitative estimate of drug-likeness (QED) is 0.191. The van der Waals surface area contributed by atoms with Crippen molar-refractivity contribution in [2.75, 3.05) is 19.0 Å². The van der Waals surface area contributed by atoms with E-state index in [1.165, 1.54) is 23.8 Å². The largest absolute Gasteiger partial charge is 0.493 e. The number of nitrogens with one attached hydrogen (secondary N) is 1. The van der Waals surface area contributed by atoms with Gasteiger partial charge in [0.2, 0.25) is 0 Å². The number of hydrogen-bond acceptors (Lipinski definition) is 5. The lowest BCUT2D eigenvalue weighted by molar-refractivity contribution is -0.138. The smallest absolute Gasteiger partial charge is 0.420 e. The van der Waals surface area contributed by atoms with E-state index >= 15 is 0 Å². The second-order valence-corrected chi connectivity index (χ2v) is 7.98. The number of aromatic nitrogens is 1. The van der Waals surface area contributed by atoms with Crippen LogP contribution in [0.5, 0.6) is 5.75 Å². The van der Waals surface area contributed by atoms with Crippen molar-refractivity contribution in [3.05, 3.63) is 40.9 Å². The van der Waals surface area contributed by atoms with E-state index in [-0.39, 0.29) is 12.4 Å². The molecule has 0 aliphatic heterocycles. The molecule has 0 fully saturated rings. The van der Waals surface area contributed by atoms with Gasteiger partial charge in [-0.1, -0.05) is 45.1 Å². The molecule has 180 valence electrons. The van der Waals surface area contributed by atoms with Gasteiger partial charge in [0.1, 0.15) is 5.75 Å². The Bertz CT molecular complexity index is 917. The molecule has 0 bridgehead atoms. The standard InChI is InChI=1S/C23H30F3N3OS.C2H2/c1-4-6-7-8-9-10-13-30-21-12-11-18(14-19(21)23(24,25)26)28-22-29-20(16-31-22)17(5-2)15-27-3;1-2/h5,11-12,14-16H,4,6-10,13H2,1-3H3,(H,28,29);1-2H/b17-5+,27-15?;. The van der Waals surface area contributed by atoms with Gasteiger partial charge in [0, 0.05) is 29.9 Å². The van der Waals surface area contributed by atoms with Gasteiger partial charge in [-0.15, -0.1) is 24.2 Å². The fourth-order valence-electron chi connectivity index (χ4n) is 3.03. The van der Waals surface area contributed by atoms with Gasteiger partial charge in [0.05, 0.1) is 17.9 Å². The van der Waals surface area contributed by atoms with E-state index < -0.39 is 11.7 Å². The Hall–Kier alpha value is -2.79. The number of thiazole rings is 1. The zero-order valence-corrected chi connectivity index (χ0v) is 20.2. The molecule has 0 atom stereocenters. The molecule has 8 heteroatoms. The number of halogens is 3. The molecule has 33 heavy (non-hydrogen) atoms. The Morgan fingerprint density at radius 2 is 1.88 bits per heavy atom. The Morgan fingerprint density at radius 1 is 1.18 bits per heavy atom. The Labute approximate surface area is 199 Å². The van der Waals surface area contributed by atoms with Crippen molar-refractivity contribution in [2.45, 2.75) is 58.5 Å². The minimum atomic E-state index is -4.50. The molecule has 4 nitrogen and oxygen atoms in total. The van der Waals surface area contributed by atoms with Gasteiger partial charge in [-0.05, 0) is 31.5 Å². The van der Waals surface area contributed by atoms with Crippen LogP contribution in [-0.4, -0.2) is 24.9 Å². The second kappa shape index (κ2) is 15.1. The maximum Gasteiger partial charge on any atom is 0.420 e. The number of alkyl halides is 3. The number of unbranched alkanes of at least 4 members (excludes halogenated alkanes) is 5. The third kappa shape index (κ3) is 9.70. The maximum absolute atomic E-state index is 13.6. The number of allylic oxidation sites excluding steroid dienone is 2. The molecule has 0 amide bonds. The summed E-state index contributed by atoms with van der Waals surface area (Å²) in [6.07, 6.45) is 13.4. The van der Waals surface area contributed by atoms with E-state index in [2.05, 4.69) is 35.1 Å². The van der Waals surface area contributed by atoms with Crippen LogP contribution >= 0.6 is 11.3 Å². The lowest BCUT2D eigenvalue weighted by Gasteiger charge is -2.15. The molecule has 0 saturated heterocycles. The molecule has 0 saturated carbocycles. The summed E-state index contributed by atoms with van der Waals surface area (Å²) >= 11 is 1.32. The predicted molar refractivity (Wildman–Crippen MR) is 134 cm³/mol. The molecule has 0 aliphatic rings. The Kier molecular flexibility index (Phi) is 12.9. The summed E-state index contributed by atoms with van der Waals surface area (Å²) < 4.78 is 46.2. The van der Waals surface area contributed by atoms with Crippen LogP contribution in [0.25, 0.3) is 5.57 Å². The summed E-state index contributed by atoms with van der Waals surface area (Å²) in [6, 6.07) is 4.02. The van der Waals surface area contributed by atoms with Gasteiger partial charge in [0.15, 0.2) is 5.13 Å². The highest BCUT2D eigenvalue weighted by Crippen LogP contribution is 2.38. The normalized spacial score (nSPS) is 11.8. The number of aliphatic imine (C=N–C) groups is 1. The first-order chi connectivity index (χ1) is 15.9. The molecular weight excluding hydrogens is 447 g/mol. The molecule has 1 aromatic carbocycles. The fourth-order valence-corrected chi connectivity index (χ4v) is 3.77. The molecule has 0 aliphatic carbocycles. The van der Waals surface area contributed by atoms with Crippen LogP contribution < -0.4 is 10.1 Å². The van der Waals surface area contributed by atoms with Gasteiger partial charge in [-0.3, -0.25) is 4.99 Å². The third-order valence-corrected chi connectivity index (χ3v) is 5.43. The number of hydrogen-bond donors (Lipinski definition) is 1. The van der Waals surface area contributed by atoms with E-state index in [1.807, 2.05) is 18.4 Å². The van der Waals surface area contributed by atoms with E-state index in [1.54, 1.807) is 19.3 Å². The zero-order valence-electron chi connectivity index (χ0n) is 19.4. The molecule has 1 aromatic heterocycles. The highest BCUT2D eigenvalue weighted by atomic mass is 32.1. The van der Waals surface area contributed by atoms with E-state index in [0.29, 0.717) is 10.8 Å². The molecule has 0 radical (unpaired) electrons. The average molecular weight is 480 g/mol. The van der Waals surface area contributed by atoms with E-state index in [9.17, 15) is 13.2 Å². The monoisotopic (exact) mass is 479 g/mol. The predicted octanol–water partition coefficient (Wildman–Crippen LogP) is 8.00. The number of nitrogens with zero attached hydrogens (tertiary/aromatic N) is 2. The SMILES string of the molecule is C#C.C/C=C(\C=NC)c1csc(Nc2ccc(OCCCCCCCC)c(C(F)(F)F)c2)n1. The van der Waals surface area contributed by atoms with Crippen molar-refractivity contribution >= 4 is 33.9 Å². The highest BCUT2D eigenvalue weighted by molar-refractivity contribution is 7.13. The average Bonchev–Trinajstić information content (AvgIpc) is 3.26. The van der Waals surface area contributed by atoms with Crippen molar-refractivity contribution in [1.82, 2.24) is 4.98 Å². The number of terminal acetylenes is 1. The summed E-state index contributed by atoms with van der Waals surface area (Å²) in [6.45, 7) is 4.31. The molecule has 0 unspecified atom stereocenters. The molecule has 1 N–H and O–H groups in total. The van der Waals surface area contributed by atoms with Gasteiger partial charge < -0.3 is 10.1 Å².